The molecule has 1 heterocycles. The third kappa shape index (κ3) is 1.99. The first-order valence-corrected chi connectivity index (χ1v) is 4.64. The van der Waals surface area contributed by atoms with Crippen molar-refractivity contribution in [3.63, 3.8) is 0 Å². The molecule has 0 saturated heterocycles. The molecule has 6 heteroatoms. The summed E-state index contributed by atoms with van der Waals surface area (Å²) in [5, 5.41) is 12.7. The van der Waals surface area contributed by atoms with Gasteiger partial charge in [-0.15, -0.1) is 0 Å². The van der Waals surface area contributed by atoms with E-state index in [1.165, 1.54) is 29.2 Å². The van der Waals surface area contributed by atoms with Gasteiger partial charge >= 0.3 is 6.18 Å². The van der Waals surface area contributed by atoms with Crippen molar-refractivity contribution in [3.05, 3.63) is 47.8 Å². The lowest BCUT2D eigenvalue weighted by molar-refractivity contribution is -0.137. The molecule has 0 fully saturated rings. The Bertz CT molecular complexity index is 565. The van der Waals surface area contributed by atoms with E-state index in [0.717, 1.165) is 6.07 Å². The lowest BCUT2D eigenvalue weighted by atomic mass is 10.1. The maximum absolute atomic E-state index is 12.7. The number of benzene rings is 1. The number of aromatic nitrogens is 2. The van der Waals surface area contributed by atoms with Gasteiger partial charge in [-0.25, -0.2) is 4.68 Å². The Balaban J connectivity index is 2.68. The van der Waals surface area contributed by atoms with Crippen LogP contribution in [0.4, 0.5) is 13.2 Å². The second kappa shape index (κ2) is 3.94. The Morgan fingerprint density at radius 3 is 2.53 bits per heavy atom. The minimum atomic E-state index is -4.55. The number of alkyl halides is 3. The monoisotopic (exact) mass is 237 g/mol. The van der Waals surface area contributed by atoms with Crippen molar-refractivity contribution >= 4 is 0 Å². The summed E-state index contributed by atoms with van der Waals surface area (Å²) in [5.74, 6) is 0. The third-order valence-corrected chi connectivity index (χ3v) is 2.21. The van der Waals surface area contributed by atoms with Gasteiger partial charge in [0.2, 0.25) is 0 Å². The van der Waals surface area contributed by atoms with Crippen LogP contribution in [0.5, 0.6) is 0 Å². The van der Waals surface area contributed by atoms with E-state index in [1.807, 2.05) is 0 Å². The predicted molar refractivity (Wildman–Crippen MR) is 53.3 cm³/mol. The van der Waals surface area contributed by atoms with Gasteiger partial charge in [-0.05, 0) is 18.2 Å². The fraction of sp³-hybridized carbons (Fsp3) is 0.0909. The molecule has 0 spiro atoms. The number of hydrogen-bond donors (Lipinski definition) is 0. The van der Waals surface area contributed by atoms with Crippen molar-refractivity contribution in [2.24, 2.45) is 0 Å². The van der Waals surface area contributed by atoms with Crippen LogP contribution < -0.4 is 0 Å². The standard InChI is InChI=1S/C11H6F3N3/c12-11(13,14)9-3-1-4-10(8(9)7-15)17-6-2-5-16-17/h1-6H. The van der Waals surface area contributed by atoms with Crippen LogP contribution >= 0.6 is 0 Å². The summed E-state index contributed by atoms with van der Waals surface area (Å²) in [7, 11) is 0. The molecule has 0 bridgehead atoms. The topological polar surface area (TPSA) is 41.6 Å². The smallest absolute Gasteiger partial charge is 0.240 e. The molecule has 0 aliphatic heterocycles. The zero-order valence-electron chi connectivity index (χ0n) is 8.44. The van der Waals surface area contributed by atoms with Crippen LogP contribution in [-0.4, -0.2) is 9.78 Å². The van der Waals surface area contributed by atoms with E-state index >= 15 is 0 Å². The molecule has 0 unspecified atom stereocenters. The average molecular weight is 237 g/mol. The fourth-order valence-corrected chi connectivity index (χ4v) is 1.50. The Morgan fingerprint density at radius 2 is 2.00 bits per heavy atom. The highest BCUT2D eigenvalue weighted by molar-refractivity contribution is 5.54. The SMILES string of the molecule is N#Cc1c(-n2cccn2)cccc1C(F)(F)F. The molecule has 0 aliphatic carbocycles. The Labute approximate surface area is 94.7 Å². The normalized spacial score (nSPS) is 11.2. The van der Waals surface area contributed by atoms with Crippen molar-refractivity contribution < 1.29 is 13.2 Å². The molecule has 86 valence electrons. The summed E-state index contributed by atoms with van der Waals surface area (Å²) < 4.78 is 39.3. The number of hydrogen-bond acceptors (Lipinski definition) is 2. The van der Waals surface area contributed by atoms with E-state index < -0.39 is 17.3 Å². The molecule has 0 amide bonds. The summed E-state index contributed by atoms with van der Waals surface area (Å²) in [6.45, 7) is 0. The fourth-order valence-electron chi connectivity index (χ4n) is 1.50. The molecule has 0 radical (unpaired) electrons. The van der Waals surface area contributed by atoms with Gasteiger partial charge in [0.05, 0.1) is 16.8 Å². The van der Waals surface area contributed by atoms with Crippen LogP contribution in [0, 0.1) is 11.3 Å². The molecular weight excluding hydrogens is 231 g/mol. The molecule has 0 aliphatic rings. The van der Waals surface area contributed by atoms with Gasteiger partial charge in [0.1, 0.15) is 6.07 Å². The van der Waals surface area contributed by atoms with Gasteiger partial charge < -0.3 is 0 Å². The molecule has 2 aromatic rings. The van der Waals surface area contributed by atoms with Crippen LogP contribution in [-0.2, 0) is 6.18 Å². The summed E-state index contributed by atoms with van der Waals surface area (Å²) in [4.78, 5) is 0. The van der Waals surface area contributed by atoms with E-state index in [2.05, 4.69) is 5.10 Å². The van der Waals surface area contributed by atoms with Crippen LogP contribution in [0.1, 0.15) is 11.1 Å². The van der Waals surface area contributed by atoms with Gasteiger partial charge in [-0.2, -0.15) is 23.5 Å². The van der Waals surface area contributed by atoms with E-state index in [-0.39, 0.29) is 5.69 Å². The molecule has 3 nitrogen and oxygen atoms in total. The van der Waals surface area contributed by atoms with Gasteiger partial charge in [-0.3, -0.25) is 0 Å². The number of rotatable bonds is 1. The number of nitrogens with zero attached hydrogens (tertiary/aromatic N) is 3. The van der Waals surface area contributed by atoms with Crippen molar-refractivity contribution in [2.45, 2.75) is 6.18 Å². The van der Waals surface area contributed by atoms with E-state index in [1.54, 1.807) is 12.1 Å². The molecule has 0 N–H and O–H groups in total. The van der Waals surface area contributed by atoms with Crippen LogP contribution in [0.15, 0.2) is 36.7 Å². The van der Waals surface area contributed by atoms with Gasteiger partial charge in [0.25, 0.3) is 0 Å². The van der Waals surface area contributed by atoms with Crippen molar-refractivity contribution in [2.75, 3.05) is 0 Å². The summed E-state index contributed by atoms with van der Waals surface area (Å²) >= 11 is 0. The van der Waals surface area contributed by atoms with Crippen LogP contribution in [0.2, 0.25) is 0 Å². The molecule has 1 aromatic heterocycles. The van der Waals surface area contributed by atoms with Crippen molar-refractivity contribution in [1.82, 2.24) is 9.78 Å². The van der Waals surface area contributed by atoms with Crippen LogP contribution in [0.3, 0.4) is 0 Å². The lowest BCUT2D eigenvalue weighted by Crippen LogP contribution is -2.10. The highest BCUT2D eigenvalue weighted by atomic mass is 19.4. The largest absolute Gasteiger partial charge is 0.417 e. The first-order chi connectivity index (χ1) is 8.04. The highest BCUT2D eigenvalue weighted by Crippen LogP contribution is 2.33. The van der Waals surface area contributed by atoms with E-state index in [4.69, 9.17) is 5.26 Å². The van der Waals surface area contributed by atoms with Crippen molar-refractivity contribution in [1.29, 1.82) is 5.26 Å². The molecule has 2 rings (SSSR count). The average Bonchev–Trinajstić information content (AvgIpc) is 2.80. The van der Waals surface area contributed by atoms with Gasteiger partial charge in [0.15, 0.2) is 0 Å². The van der Waals surface area contributed by atoms with E-state index in [0.29, 0.717) is 0 Å². The summed E-state index contributed by atoms with van der Waals surface area (Å²) in [6.07, 6.45) is -1.63. The Morgan fingerprint density at radius 1 is 1.24 bits per heavy atom. The van der Waals surface area contributed by atoms with E-state index in [9.17, 15) is 13.2 Å². The highest BCUT2D eigenvalue weighted by Gasteiger charge is 2.34. The summed E-state index contributed by atoms with van der Waals surface area (Å²) in [5.41, 5.74) is -1.26. The second-order valence-electron chi connectivity index (χ2n) is 3.26. The predicted octanol–water partition coefficient (Wildman–Crippen LogP) is 2.76. The number of halogens is 3. The summed E-state index contributed by atoms with van der Waals surface area (Å²) in [6, 6.07) is 6.70. The Hall–Kier alpha value is -2.29. The first-order valence-electron chi connectivity index (χ1n) is 4.64. The molecule has 17 heavy (non-hydrogen) atoms. The van der Waals surface area contributed by atoms with Crippen LogP contribution in [0.25, 0.3) is 5.69 Å². The minimum Gasteiger partial charge on any atom is -0.240 e. The Kier molecular flexibility index (Phi) is 2.60. The third-order valence-electron chi connectivity index (χ3n) is 2.21. The number of nitriles is 1. The molecule has 0 atom stereocenters. The second-order valence-corrected chi connectivity index (χ2v) is 3.26. The van der Waals surface area contributed by atoms with Gasteiger partial charge in [0, 0.05) is 12.4 Å². The first kappa shape index (κ1) is 11.2. The quantitative estimate of drug-likeness (QED) is 0.765. The van der Waals surface area contributed by atoms with Gasteiger partial charge in [-0.1, -0.05) is 6.07 Å². The molecule has 1 aromatic carbocycles. The zero-order chi connectivity index (χ0) is 12.5. The lowest BCUT2D eigenvalue weighted by Gasteiger charge is -2.11. The minimum absolute atomic E-state index is 0.118. The maximum atomic E-state index is 12.7. The van der Waals surface area contributed by atoms with Crippen molar-refractivity contribution in [3.8, 4) is 11.8 Å². The maximum Gasteiger partial charge on any atom is 0.417 e. The zero-order valence-corrected chi connectivity index (χ0v) is 8.44. The molecular formula is C11H6F3N3. The molecule has 0 saturated carbocycles.